The fourth-order valence-corrected chi connectivity index (χ4v) is 1.23. The van der Waals surface area contributed by atoms with Gasteiger partial charge in [0.1, 0.15) is 0 Å². The molecule has 0 spiro atoms. The van der Waals surface area contributed by atoms with Crippen molar-refractivity contribution in [2.45, 2.75) is 20.8 Å². The van der Waals surface area contributed by atoms with Gasteiger partial charge in [-0.1, -0.05) is 25.4 Å². The van der Waals surface area contributed by atoms with E-state index < -0.39 is 0 Å². The third-order valence-electron chi connectivity index (χ3n) is 1.69. The minimum atomic E-state index is 0.556. The second-order valence-corrected chi connectivity index (χ2v) is 3.92. The molecule has 0 radical (unpaired) electrons. The lowest BCUT2D eigenvalue weighted by Gasteiger charge is -2.09. The Hall–Kier alpha value is -0.760. The zero-order valence-electron chi connectivity index (χ0n) is 8.26. The Balaban J connectivity index is 2.67. The van der Waals surface area contributed by atoms with Crippen molar-refractivity contribution >= 4 is 17.3 Å². The van der Waals surface area contributed by atoms with Gasteiger partial charge in [0.2, 0.25) is 0 Å². The summed E-state index contributed by atoms with van der Waals surface area (Å²) < 4.78 is 0. The number of aromatic nitrogens is 1. The number of anilines is 1. The van der Waals surface area contributed by atoms with Crippen LogP contribution in [0.4, 0.5) is 5.69 Å². The summed E-state index contributed by atoms with van der Waals surface area (Å²) >= 11 is 5.94. The van der Waals surface area contributed by atoms with E-state index in [2.05, 4.69) is 24.1 Å². The van der Waals surface area contributed by atoms with Gasteiger partial charge in [0, 0.05) is 12.2 Å². The minimum absolute atomic E-state index is 0.556. The smallest absolute Gasteiger partial charge is 0.152 e. The summed E-state index contributed by atoms with van der Waals surface area (Å²) in [7, 11) is 0. The molecule has 1 aromatic rings. The van der Waals surface area contributed by atoms with Gasteiger partial charge in [-0.05, 0) is 25.0 Å². The zero-order chi connectivity index (χ0) is 9.84. The van der Waals surface area contributed by atoms with Gasteiger partial charge in [0.25, 0.3) is 0 Å². The maximum Gasteiger partial charge on any atom is 0.152 e. The van der Waals surface area contributed by atoms with Crippen LogP contribution < -0.4 is 5.32 Å². The van der Waals surface area contributed by atoms with E-state index in [9.17, 15) is 0 Å². The molecule has 1 N–H and O–H groups in total. The minimum Gasteiger partial charge on any atom is -0.382 e. The van der Waals surface area contributed by atoms with Crippen LogP contribution in [0.25, 0.3) is 0 Å². The van der Waals surface area contributed by atoms with Crippen LogP contribution in [-0.2, 0) is 0 Å². The predicted octanol–water partition coefficient (Wildman–Crippen LogP) is 3.11. The maximum absolute atomic E-state index is 5.94. The molecule has 0 aliphatic heterocycles. The largest absolute Gasteiger partial charge is 0.382 e. The monoisotopic (exact) mass is 198 g/mol. The highest BCUT2D eigenvalue weighted by Crippen LogP contribution is 2.19. The average molecular weight is 199 g/mol. The first kappa shape index (κ1) is 10.3. The molecule has 72 valence electrons. The Morgan fingerprint density at radius 3 is 2.69 bits per heavy atom. The molecule has 0 saturated heterocycles. The Labute approximate surface area is 84.3 Å². The van der Waals surface area contributed by atoms with Gasteiger partial charge in [-0.15, -0.1) is 0 Å². The van der Waals surface area contributed by atoms with Gasteiger partial charge in [-0.25, -0.2) is 4.98 Å². The van der Waals surface area contributed by atoms with Crippen molar-refractivity contribution in [3.8, 4) is 0 Å². The molecule has 0 fully saturated rings. The van der Waals surface area contributed by atoms with Crippen molar-refractivity contribution in [3.05, 3.63) is 23.0 Å². The number of hydrogen-bond acceptors (Lipinski definition) is 2. The van der Waals surface area contributed by atoms with Crippen molar-refractivity contribution in [3.63, 3.8) is 0 Å². The van der Waals surface area contributed by atoms with Crippen LogP contribution in [-0.4, -0.2) is 11.5 Å². The summed E-state index contributed by atoms with van der Waals surface area (Å²) in [5, 5.41) is 3.80. The maximum atomic E-state index is 5.94. The molecule has 1 aromatic heterocycles. The molecular weight excluding hydrogens is 184 g/mol. The summed E-state index contributed by atoms with van der Waals surface area (Å²) in [5.41, 5.74) is 1.86. The van der Waals surface area contributed by atoms with Crippen molar-refractivity contribution < 1.29 is 0 Å². The number of halogens is 1. The lowest BCUT2D eigenvalue weighted by Crippen LogP contribution is -2.08. The highest BCUT2D eigenvalue weighted by molar-refractivity contribution is 6.31. The Bertz CT molecular complexity index is 284. The Morgan fingerprint density at radius 1 is 1.46 bits per heavy atom. The van der Waals surface area contributed by atoms with Crippen molar-refractivity contribution in [1.82, 2.24) is 4.98 Å². The quantitative estimate of drug-likeness (QED) is 0.755. The van der Waals surface area contributed by atoms with Gasteiger partial charge in [0.15, 0.2) is 5.15 Å². The molecule has 13 heavy (non-hydrogen) atoms. The average Bonchev–Trinajstić information content (AvgIpc) is 2.02. The first-order valence-corrected chi connectivity index (χ1v) is 4.84. The summed E-state index contributed by atoms with van der Waals surface area (Å²) in [6.07, 6.45) is 0. The molecule has 0 unspecified atom stereocenters. The number of nitrogens with one attached hydrogen (secondary N) is 1. The highest BCUT2D eigenvalue weighted by Gasteiger charge is 2.01. The van der Waals surface area contributed by atoms with Crippen LogP contribution in [0.2, 0.25) is 5.15 Å². The van der Waals surface area contributed by atoms with Crippen LogP contribution >= 0.6 is 11.6 Å². The molecule has 3 heteroatoms. The SMILES string of the molecule is Cc1ccc(NCC(C)C)c(Cl)n1. The fourth-order valence-electron chi connectivity index (χ4n) is 0.971. The van der Waals surface area contributed by atoms with Crippen LogP contribution in [0.3, 0.4) is 0 Å². The highest BCUT2D eigenvalue weighted by atomic mass is 35.5. The Morgan fingerprint density at radius 2 is 2.15 bits per heavy atom. The van der Waals surface area contributed by atoms with Crippen LogP contribution in [0.5, 0.6) is 0 Å². The van der Waals surface area contributed by atoms with E-state index in [4.69, 9.17) is 11.6 Å². The van der Waals surface area contributed by atoms with E-state index in [1.807, 2.05) is 19.1 Å². The molecule has 0 amide bonds. The number of pyridine rings is 1. The third kappa shape index (κ3) is 3.23. The van der Waals surface area contributed by atoms with Gasteiger partial charge < -0.3 is 5.32 Å². The normalized spacial score (nSPS) is 10.5. The van der Waals surface area contributed by atoms with Crippen molar-refractivity contribution in [2.24, 2.45) is 5.92 Å². The van der Waals surface area contributed by atoms with Gasteiger partial charge in [-0.3, -0.25) is 0 Å². The number of rotatable bonds is 3. The van der Waals surface area contributed by atoms with E-state index in [1.54, 1.807) is 0 Å². The summed E-state index contributed by atoms with van der Waals surface area (Å²) in [4.78, 5) is 4.15. The Kier molecular flexibility index (Phi) is 3.55. The number of hydrogen-bond donors (Lipinski definition) is 1. The number of aryl methyl sites for hydroxylation is 1. The molecule has 2 nitrogen and oxygen atoms in total. The second kappa shape index (κ2) is 4.47. The van der Waals surface area contributed by atoms with E-state index in [0.717, 1.165) is 17.9 Å². The molecule has 0 aliphatic rings. The number of nitrogens with zero attached hydrogens (tertiary/aromatic N) is 1. The third-order valence-corrected chi connectivity index (χ3v) is 1.98. The van der Waals surface area contributed by atoms with E-state index in [-0.39, 0.29) is 0 Å². The molecule has 0 aromatic carbocycles. The zero-order valence-corrected chi connectivity index (χ0v) is 9.02. The molecule has 0 aliphatic carbocycles. The molecule has 0 bridgehead atoms. The van der Waals surface area contributed by atoms with E-state index in [1.165, 1.54) is 0 Å². The predicted molar refractivity (Wildman–Crippen MR) is 57.3 cm³/mol. The van der Waals surface area contributed by atoms with Crippen LogP contribution in [0.15, 0.2) is 12.1 Å². The molecule has 0 saturated carbocycles. The lowest BCUT2D eigenvalue weighted by atomic mass is 10.2. The summed E-state index contributed by atoms with van der Waals surface area (Å²) in [6.45, 7) is 7.16. The molecule has 1 rings (SSSR count). The molecule has 0 atom stereocenters. The van der Waals surface area contributed by atoms with Crippen molar-refractivity contribution in [1.29, 1.82) is 0 Å². The van der Waals surface area contributed by atoms with Gasteiger partial charge >= 0.3 is 0 Å². The standard InChI is InChI=1S/C10H15ClN2/c1-7(2)6-12-9-5-4-8(3)13-10(9)11/h4-5,7,12H,6H2,1-3H3. The van der Waals surface area contributed by atoms with Gasteiger partial charge in [-0.2, -0.15) is 0 Å². The second-order valence-electron chi connectivity index (χ2n) is 3.57. The summed E-state index contributed by atoms with van der Waals surface area (Å²) in [5.74, 6) is 0.609. The first-order valence-electron chi connectivity index (χ1n) is 4.46. The molecule has 1 heterocycles. The van der Waals surface area contributed by atoms with Gasteiger partial charge in [0.05, 0.1) is 5.69 Å². The van der Waals surface area contributed by atoms with Crippen LogP contribution in [0.1, 0.15) is 19.5 Å². The fraction of sp³-hybridized carbons (Fsp3) is 0.500. The summed E-state index contributed by atoms with van der Waals surface area (Å²) in [6, 6.07) is 3.92. The molecular formula is C10H15ClN2. The first-order chi connectivity index (χ1) is 6.09. The van der Waals surface area contributed by atoms with E-state index in [0.29, 0.717) is 11.1 Å². The topological polar surface area (TPSA) is 24.9 Å². The lowest BCUT2D eigenvalue weighted by molar-refractivity contribution is 0.688. The van der Waals surface area contributed by atoms with Crippen molar-refractivity contribution in [2.75, 3.05) is 11.9 Å². The van der Waals surface area contributed by atoms with Crippen LogP contribution in [0, 0.1) is 12.8 Å². The van der Waals surface area contributed by atoms with E-state index >= 15 is 0 Å².